The van der Waals surface area contributed by atoms with Crippen molar-refractivity contribution in [3.63, 3.8) is 0 Å². The number of rotatable bonds is 3. The lowest BCUT2D eigenvalue weighted by atomic mass is 9.93. The van der Waals surface area contributed by atoms with Crippen molar-refractivity contribution >= 4 is 23.3 Å². The third-order valence-electron chi connectivity index (χ3n) is 5.32. The summed E-state index contributed by atoms with van der Waals surface area (Å²) in [6, 6.07) is 3.51. The van der Waals surface area contributed by atoms with E-state index in [0.717, 1.165) is 31.7 Å². The molecule has 2 saturated heterocycles. The number of fused-ring (bicyclic) bond motifs is 1. The Labute approximate surface area is 151 Å². The van der Waals surface area contributed by atoms with Crippen LogP contribution < -0.4 is 10.2 Å². The molecule has 26 heavy (non-hydrogen) atoms. The lowest BCUT2D eigenvalue weighted by Crippen LogP contribution is -2.58. The fourth-order valence-corrected chi connectivity index (χ4v) is 3.86. The van der Waals surface area contributed by atoms with E-state index < -0.39 is 0 Å². The highest BCUT2D eigenvalue weighted by Gasteiger charge is 2.36. The summed E-state index contributed by atoms with van der Waals surface area (Å²) in [4.78, 5) is 28.9. The maximum Gasteiger partial charge on any atom is 0.242 e. The van der Waals surface area contributed by atoms with Gasteiger partial charge < -0.3 is 15.1 Å². The van der Waals surface area contributed by atoms with Crippen molar-refractivity contribution in [3.05, 3.63) is 18.5 Å². The average molecular weight is 357 g/mol. The second-order valence-corrected chi connectivity index (χ2v) is 6.83. The topological polar surface area (TPSA) is 95.7 Å². The lowest BCUT2D eigenvalue weighted by Gasteiger charge is -2.39. The number of piperidine rings is 1. The summed E-state index contributed by atoms with van der Waals surface area (Å²) in [7, 11) is 0. The van der Waals surface area contributed by atoms with E-state index in [1.807, 2.05) is 19.1 Å². The van der Waals surface area contributed by atoms with E-state index in [1.54, 1.807) is 15.7 Å². The van der Waals surface area contributed by atoms with Gasteiger partial charge in [0.15, 0.2) is 5.65 Å². The summed E-state index contributed by atoms with van der Waals surface area (Å²) in [5.41, 5.74) is 0.716. The van der Waals surface area contributed by atoms with Crippen molar-refractivity contribution in [2.45, 2.75) is 32.2 Å². The lowest BCUT2D eigenvalue weighted by molar-refractivity contribution is -0.146. The standard InChI is InChI=1S/C17H23N7O2/c1-2-13-16(25)18-7-10-23(13)17(26)12-5-8-22(9-6-12)15-4-3-14-20-19-11-24(14)21-15/h3-4,11-13H,2,5-10H2,1H3,(H,18,25). The molecule has 2 aliphatic heterocycles. The number of hydrogen-bond acceptors (Lipinski definition) is 6. The second kappa shape index (κ2) is 6.89. The van der Waals surface area contributed by atoms with Crippen LogP contribution in [0, 0.1) is 5.92 Å². The van der Waals surface area contributed by atoms with Crippen LogP contribution in [0.2, 0.25) is 0 Å². The molecule has 0 bridgehead atoms. The van der Waals surface area contributed by atoms with Crippen molar-refractivity contribution in [1.82, 2.24) is 30.0 Å². The third-order valence-corrected chi connectivity index (χ3v) is 5.32. The fourth-order valence-electron chi connectivity index (χ4n) is 3.86. The highest BCUT2D eigenvalue weighted by molar-refractivity contribution is 5.89. The highest BCUT2D eigenvalue weighted by atomic mass is 16.2. The van der Waals surface area contributed by atoms with E-state index in [-0.39, 0.29) is 23.8 Å². The number of carbonyl (C=O) groups is 2. The molecule has 2 aromatic heterocycles. The van der Waals surface area contributed by atoms with Crippen LogP contribution in [-0.4, -0.2) is 68.7 Å². The number of carbonyl (C=O) groups excluding carboxylic acids is 2. The van der Waals surface area contributed by atoms with Crippen LogP contribution in [0.4, 0.5) is 5.82 Å². The predicted molar refractivity (Wildman–Crippen MR) is 94.5 cm³/mol. The van der Waals surface area contributed by atoms with Gasteiger partial charge in [0.2, 0.25) is 11.8 Å². The number of hydrogen-bond donors (Lipinski definition) is 1. The Hall–Kier alpha value is -2.71. The van der Waals surface area contributed by atoms with Gasteiger partial charge in [-0.15, -0.1) is 15.3 Å². The van der Waals surface area contributed by atoms with Gasteiger partial charge in [-0.2, -0.15) is 4.52 Å². The van der Waals surface area contributed by atoms with Crippen LogP contribution in [0.15, 0.2) is 18.5 Å². The van der Waals surface area contributed by atoms with Crippen LogP contribution in [-0.2, 0) is 9.59 Å². The zero-order valence-corrected chi connectivity index (χ0v) is 14.8. The summed E-state index contributed by atoms with van der Waals surface area (Å²) in [6.45, 7) is 4.64. The molecule has 4 heterocycles. The van der Waals surface area contributed by atoms with E-state index in [1.165, 1.54) is 0 Å². The molecule has 4 rings (SSSR count). The van der Waals surface area contributed by atoms with E-state index in [9.17, 15) is 9.59 Å². The molecule has 9 heteroatoms. The quantitative estimate of drug-likeness (QED) is 0.836. The molecule has 0 radical (unpaired) electrons. The molecule has 1 unspecified atom stereocenters. The maximum atomic E-state index is 12.9. The third kappa shape index (κ3) is 2.97. The summed E-state index contributed by atoms with van der Waals surface area (Å²) in [5, 5.41) is 15.2. The van der Waals surface area contributed by atoms with Gasteiger partial charge >= 0.3 is 0 Å². The van der Waals surface area contributed by atoms with Crippen molar-refractivity contribution in [2.24, 2.45) is 5.92 Å². The number of nitrogens with one attached hydrogen (secondary N) is 1. The number of anilines is 1. The first-order valence-electron chi connectivity index (χ1n) is 9.17. The molecular weight excluding hydrogens is 334 g/mol. The largest absolute Gasteiger partial charge is 0.355 e. The van der Waals surface area contributed by atoms with Crippen molar-refractivity contribution in [3.8, 4) is 0 Å². The van der Waals surface area contributed by atoms with Gasteiger partial charge in [-0.1, -0.05) is 6.92 Å². The first-order chi connectivity index (χ1) is 12.7. The monoisotopic (exact) mass is 357 g/mol. The van der Waals surface area contributed by atoms with Crippen molar-refractivity contribution < 1.29 is 9.59 Å². The number of amides is 2. The fraction of sp³-hybridized carbons (Fsp3) is 0.588. The Balaban J connectivity index is 1.41. The van der Waals surface area contributed by atoms with Gasteiger partial charge in [0.1, 0.15) is 18.2 Å². The predicted octanol–water partition coefficient (Wildman–Crippen LogP) is 0.0777. The zero-order valence-electron chi connectivity index (χ0n) is 14.8. The maximum absolute atomic E-state index is 12.9. The first kappa shape index (κ1) is 16.7. The number of piperazine rings is 1. The smallest absolute Gasteiger partial charge is 0.242 e. The molecule has 9 nitrogen and oxygen atoms in total. The average Bonchev–Trinajstić information content (AvgIpc) is 3.15. The molecule has 2 amide bonds. The van der Waals surface area contributed by atoms with Gasteiger partial charge in [0.05, 0.1) is 0 Å². The van der Waals surface area contributed by atoms with E-state index in [0.29, 0.717) is 25.2 Å². The van der Waals surface area contributed by atoms with Crippen LogP contribution in [0.25, 0.3) is 5.65 Å². The van der Waals surface area contributed by atoms with E-state index in [4.69, 9.17) is 0 Å². The summed E-state index contributed by atoms with van der Waals surface area (Å²) in [6.07, 6.45) is 3.78. The Morgan fingerprint density at radius 2 is 2.08 bits per heavy atom. The molecule has 2 aromatic rings. The summed E-state index contributed by atoms with van der Waals surface area (Å²) < 4.78 is 1.66. The summed E-state index contributed by atoms with van der Waals surface area (Å²) >= 11 is 0. The van der Waals surface area contributed by atoms with Crippen molar-refractivity contribution in [1.29, 1.82) is 0 Å². The molecule has 0 saturated carbocycles. The summed E-state index contributed by atoms with van der Waals surface area (Å²) in [5.74, 6) is 0.932. The van der Waals surface area contributed by atoms with Crippen molar-refractivity contribution in [2.75, 3.05) is 31.1 Å². The molecule has 0 spiro atoms. The van der Waals surface area contributed by atoms with Gasteiger partial charge in [0, 0.05) is 32.1 Å². The molecule has 0 aromatic carbocycles. The Bertz CT molecular complexity index is 812. The van der Waals surface area contributed by atoms with Gasteiger partial charge in [0.25, 0.3) is 0 Å². The molecule has 1 atom stereocenters. The van der Waals surface area contributed by atoms with E-state index >= 15 is 0 Å². The SMILES string of the molecule is CCC1C(=O)NCCN1C(=O)C1CCN(c2ccc3nncn3n2)CC1. The second-order valence-electron chi connectivity index (χ2n) is 6.83. The Morgan fingerprint density at radius 1 is 1.27 bits per heavy atom. The molecule has 2 fully saturated rings. The zero-order chi connectivity index (χ0) is 18.1. The number of nitrogens with zero attached hydrogens (tertiary/aromatic N) is 6. The first-order valence-corrected chi connectivity index (χ1v) is 9.17. The molecule has 138 valence electrons. The van der Waals surface area contributed by atoms with Gasteiger partial charge in [-0.25, -0.2) is 0 Å². The molecular formula is C17H23N7O2. The van der Waals surface area contributed by atoms with Gasteiger partial charge in [-0.05, 0) is 31.4 Å². The van der Waals surface area contributed by atoms with Crippen LogP contribution in [0.3, 0.4) is 0 Å². The minimum Gasteiger partial charge on any atom is -0.355 e. The molecule has 1 N–H and O–H groups in total. The number of aromatic nitrogens is 4. The minimum atomic E-state index is -0.327. The minimum absolute atomic E-state index is 0.0233. The Morgan fingerprint density at radius 3 is 2.85 bits per heavy atom. The van der Waals surface area contributed by atoms with Crippen LogP contribution in [0.1, 0.15) is 26.2 Å². The molecule has 2 aliphatic rings. The van der Waals surface area contributed by atoms with Gasteiger partial charge in [-0.3, -0.25) is 9.59 Å². The normalized spacial score (nSPS) is 21.9. The van der Waals surface area contributed by atoms with Crippen LogP contribution in [0.5, 0.6) is 0 Å². The highest BCUT2D eigenvalue weighted by Crippen LogP contribution is 2.25. The Kier molecular flexibility index (Phi) is 4.44. The molecule has 0 aliphatic carbocycles. The van der Waals surface area contributed by atoms with E-state index in [2.05, 4.69) is 25.5 Å². The van der Waals surface area contributed by atoms with Crippen LogP contribution >= 0.6 is 0 Å².